The van der Waals surface area contributed by atoms with E-state index in [0.717, 1.165) is 16.1 Å². The van der Waals surface area contributed by atoms with E-state index < -0.39 is 22.5 Å². The van der Waals surface area contributed by atoms with Gasteiger partial charge in [0.1, 0.15) is 12.3 Å². The van der Waals surface area contributed by atoms with E-state index in [9.17, 15) is 13.2 Å². The monoisotopic (exact) mass is 416 g/mol. The Morgan fingerprint density at radius 1 is 1.19 bits per heavy atom. The number of benzene rings is 2. The average Bonchev–Trinajstić information content (AvgIpc) is 2.54. The highest BCUT2D eigenvalue weighted by Gasteiger charge is 2.22. The van der Waals surface area contributed by atoms with Crippen LogP contribution >= 0.6 is 23.2 Å². The number of hydrogen-bond acceptors (Lipinski definition) is 4. The van der Waals surface area contributed by atoms with Crippen LogP contribution in [0, 0.1) is 6.92 Å². The number of rotatable bonds is 6. The molecule has 0 aliphatic rings. The Labute approximate surface area is 162 Å². The molecule has 2 aromatic carbocycles. The van der Waals surface area contributed by atoms with Gasteiger partial charge in [-0.25, -0.2) is 8.42 Å². The van der Waals surface area contributed by atoms with Gasteiger partial charge < -0.3 is 10.1 Å². The van der Waals surface area contributed by atoms with Gasteiger partial charge in [0.15, 0.2) is 0 Å². The molecule has 0 aliphatic heterocycles. The summed E-state index contributed by atoms with van der Waals surface area (Å²) in [7, 11) is -2.25. The number of halogens is 2. The van der Waals surface area contributed by atoms with Crippen LogP contribution in [0.4, 0.5) is 11.4 Å². The number of amides is 1. The van der Waals surface area contributed by atoms with E-state index in [-0.39, 0.29) is 10.7 Å². The van der Waals surface area contributed by atoms with E-state index in [2.05, 4.69) is 5.32 Å². The molecule has 0 fully saturated rings. The molecule has 0 aliphatic carbocycles. The normalized spacial score (nSPS) is 11.1. The highest BCUT2D eigenvalue weighted by molar-refractivity contribution is 7.92. The molecule has 26 heavy (non-hydrogen) atoms. The maximum atomic E-state index is 12.4. The van der Waals surface area contributed by atoms with Crippen molar-refractivity contribution in [3.05, 3.63) is 52.0 Å². The molecule has 9 heteroatoms. The van der Waals surface area contributed by atoms with Crippen molar-refractivity contribution in [3.8, 4) is 5.75 Å². The van der Waals surface area contributed by atoms with Crippen molar-refractivity contribution in [1.29, 1.82) is 0 Å². The number of hydrogen-bond donors (Lipinski definition) is 1. The Bertz CT molecular complexity index is 932. The van der Waals surface area contributed by atoms with E-state index in [4.69, 9.17) is 27.9 Å². The Balaban J connectivity index is 2.25. The summed E-state index contributed by atoms with van der Waals surface area (Å²) < 4.78 is 30.3. The van der Waals surface area contributed by atoms with Crippen LogP contribution in [-0.2, 0) is 14.8 Å². The number of methoxy groups -OCH3 is 1. The summed E-state index contributed by atoms with van der Waals surface area (Å²) in [6, 6.07) is 9.49. The van der Waals surface area contributed by atoms with Crippen LogP contribution in [0.25, 0.3) is 0 Å². The quantitative estimate of drug-likeness (QED) is 0.778. The lowest BCUT2D eigenvalue weighted by molar-refractivity contribution is -0.114. The third-order valence-corrected chi connectivity index (χ3v) is 5.24. The number of carbonyl (C=O) groups excluding carboxylic acids is 1. The Morgan fingerprint density at radius 2 is 1.88 bits per heavy atom. The molecule has 0 saturated heterocycles. The summed E-state index contributed by atoms with van der Waals surface area (Å²) >= 11 is 12.0. The number of nitrogens with one attached hydrogen (secondary N) is 1. The molecule has 1 N–H and O–H groups in total. The highest BCUT2D eigenvalue weighted by atomic mass is 35.5. The fraction of sp³-hybridized carbons (Fsp3) is 0.235. The van der Waals surface area contributed by atoms with Crippen molar-refractivity contribution in [2.45, 2.75) is 6.92 Å². The van der Waals surface area contributed by atoms with Gasteiger partial charge >= 0.3 is 0 Å². The topological polar surface area (TPSA) is 75.7 Å². The Hall–Kier alpha value is -1.96. The van der Waals surface area contributed by atoms with Crippen molar-refractivity contribution < 1.29 is 17.9 Å². The second-order valence-electron chi connectivity index (χ2n) is 5.60. The van der Waals surface area contributed by atoms with Gasteiger partial charge in [0.25, 0.3) is 0 Å². The predicted molar refractivity (Wildman–Crippen MR) is 105 cm³/mol. The molecule has 1 amide bonds. The number of ether oxygens (including phenoxy) is 1. The lowest BCUT2D eigenvalue weighted by atomic mass is 10.2. The summed E-state index contributed by atoms with van der Waals surface area (Å²) in [6.45, 7) is 1.39. The minimum atomic E-state index is -3.71. The first-order valence-electron chi connectivity index (χ1n) is 7.49. The van der Waals surface area contributed by atoms with Gasteiger partial charge in [-0.05, 0) is 48.9 Å². The molecular formula is C17H18Cl2N2O4S. The van der Waals surface area contributed by atoms with Crippen LogP contribution in [0.1, 0.15) is 5.56 Å². The molecule has 0 atom stereocenters. The van der Waals surface area contributed by atoms with Gasteiger partial charge in [0.2, 0.25) is 15.9 Å². The van der Waals surface area contributed by atoms with Crippen LogP contribution in [0.5, 0.6) is 5.75 Å². The van der Waals surface area contributed by atoms with E-state index in [1.54, 1.807) is 25.1 Å². The first kappa shape index (κ1) is 20.4. The molecule has 0 bridgehead atoms. The molecule has 0 unspecified atom stereocenters. The molecule has 0 heterocycles. The standard InChI is InChI=1S/C17H18Cl2N2O4S/c1-11-8-12(18)4-6-15(11)20-17(22)10-21(26(3,23)24)13-5-7-16(25-2)14(19)9-13/h4-9H,10H2,1-3H3,(H,20,22). The number of carbonyl (C=O) groups is 1. The van der Waals surface area contributed by atoms with Gasteiger partial charge in [-0.15, -0.1) is 0 Å². The maximum absolute atomic E-state index is 12.4. The predicted octanol–water partition coefficient (Wildman–Crippen LogP) is 3.72. The van der Waals surface area contributed by atoms with Gasteiger partial charge in [-0.2, -0.15) is 0 Å². The molecular weight excluding hydrogens is 399 g/mol. The summed E-state index contributed by atoms with van der Waals surface area (Å²) in [6.07, 6.45) is 1.02. The van der Waals surface area contributed by atoms with Crippen LogP contribution in [0.3, 0.4) is 0 Å². The molecule has 0 radical (unpaired) electrons. The van der Waals surface area contributed by atoms with Gasteiger partial charge in [-0.3, -0.25) is 9.10 Å². The van der Waals surface area contributed by atoms with Crippen LogP contribution in [0.15, 0.2) is 36.4 Å². The van der Waals surface area contributed by atoms with E-state index in [1.807, 2.05) is 0 Å². The lowest BCUT2D eigenvalue weighted by Crippen LogP contribution is -2.37. The van der Waals surface area contributed by atoms with Crippen molar-refractivity contribution in [3.63, 3.8) is 0 Å². The number of sulfonamides is 1. The minimum absolute atomic E-state index is 0.243. The molecule has 0 spiro atoms. The molecule has 2 aromatic rings. The zero-order valence-electron chi connectivity index (χ0n) is 14.4. The van der Waals surface area contributed by atoms with Crippen LogP contribution in [0.2, 0.25) is 10.0 Å². The van der Waals surface area contributed by atoms with Gasteiger partial charge in [0.05, 0.1) is 24.1 Å². The Morgan fingerprint density at radius 3 is 2.42 bits per heavy atom. The molecule has 140 valence electrons. The molecule has 6 nitrogen and oxygen atoms in total. The third kappa shape index (κ3) is 5.03. The summed E-state index contributed by atoms with van der Waals surface area (Å²) in [5, 5.41) is 3.48. The van der Waals surface area contributed by atoms with Crippen molar-refractivity contribution >= 4 is 50.5 Å². The molecule has 0 aromatic heterocycles. The second-order valence-corrected chi connectivity index (χ2v) is 8.35. The SMILES string of the molecule is COc1ccc(N(CC(=O)Nc2ccc(Cl)cc2C)S(C)(=O)=O)cc1Cl. The maximum Gasteiger partial charge on any atom is 0.245 e. The zero-order valence-corrected chi connectivity index (χ0v) is 16.7. The number of aryl methyl sites for hydroxylation is 1. The zero-order chi connectivity index (χ0) is 19.5. The van der Waals surface area contributed by atoms with Crippen molar-refractivity contribution in [2.75, 3.05) is 29.5 Å². The minimum Gasteiger partial charge on any atom is -0.495 e. The molecule has 2 rings (SSSR count). The smallest absolute Gasteiger partial charge is 0.245 e. The fourth-order valence-electron chi connectivity index (χ4n) is 2.30. The Kier molecular flexibility index (Phi) is 6.39. The second kappa shape index (κ2) is 8.16. The largest absolute Gasteiger partial charge is 0.495 e. The average molecular weight is 417 g/mol. The summed E-state index contributed by atoms with van der Waals surface area (Å²) in [5.41, 5.74) is 1.59. The van der Waals surface area contributed by atoms with Crippen LogP contribution in [-0.4, -0.2) is 34.2 Å². The number of anilines is 2. The lowest BCUT2D eigenvalue weighted by Gasteiger charge is -2.22. The van der Waals surface area contributed by atoms with Crippen molar-refractivity contribution in [1.82, 2.24) is 0 Å². The van der Waals surface area contributed by atoms with Gasteiger partial charge in [-0.1, -0.05) is 23.2 Å². The van der Waals surface area contributed by atoms with Crippen molar-refractivity contribution in [2.24, 2.45) is 0 Å². The summed E-state index contributed by atoms with van der Waals surface area (Å²) in [4.78, 5) is 12.4. The third-order valence-electron chi connectivity index (χ3n) is 3.57. The van der Waals surface area contributed by atoms with E-state index >= 15 is 0 Å². The fourth-order valence-corrected chi connectivity index (χ4v) is 3.62. The van der Waals surface area contributed by atoms with Gasteiger partial charge in [0, 0.05) is 10.7 Å². The summed E-state index contributed by atoms with van der Waals surface area (Å²) in [5.74, 6) is -0.0853. The van der Waals surface area contributed by atoms with E-state index in [1.165, 1.54) is 25.3 Å². The van der Waals surface area contributed by atoms with E-state index in [0.29, 0.717) is 16.5 Å². The first-order valence-corrected chi connectivity index (χ1v) is 10.1. The molecule has 0 saturated carbocycles. The highest BCUT2D eigenvalue weighted by Crippen LogP contribution is 2.30. The first-order chi connectivity index (χ1) is 12.1. The number of nitrogens with zero attached hydrogens (tertiary/aromatic N) is 1. The van der Waals surface area contributed by atoms with Crippen LogP contribution < -0.4 is 14.4 Å².